The molecular formula is C11H23NO. The van der Waals surface area contributed by atoms with E-state index in [4.69, 9.17) is 4.74 Å². The molecule has 1 fully saturated rings. The molecule has 0 aliphatic heterocycles. The summed E-state index contributed by atoms with van der Waals surface area (Å²) in [4.78, 5) is 0. The standard InChI is InChI=1S/C11H23NO/c1-4-9(2)8-12-10-5-6-11(7-10)13-3/h9-12H,4-8H2,1-3H3. The van der Waals surface area contributed by atoms with Gasteiger partial charge in [0.05, 0.1) is 6.10 Å². The molecule has 2 heteroatoms. The van der Waals surface area contributed by atoms with Crippen LogP contribution in [-0.4, -0.2) is 25.8 Å². The molecule has 3 unspecified atom stereocenters. The molecule has 0 amide bonds. The third kappa shape index (κ3) is 3.65. The van der Waals surface area contributed by atoms with Gasteiger partial charge in [0.15, 0.2) is 0 Å². The minimum atomic E-state index is 0.509. The first-order valence-electron chi connectivity index (χ1n) is 5.52. The molecule has 3 atom stereocenters. The second-order valence-electron chi connectivity index (χ2n) is 4.29. The van der Waals surface area contributed by atoms with Crippen LogP contribution in [-0.2, 0) is 4.74 Å². The zero-order valence-electron chi connectivity index (χ0n) is 9.18. The number of ether oxygens (including phenoxy) is 1. The van der Waals surface area contributed by atoms with Gasteiger partial charge in [-0.25, -0.2) is 0 Å². The zero-order chi connectivity index (χ0) is 9.68. The molecule has 0 radical (unpaired) electrons. The van der Waals surface area contributed by atoms with Gasteiger partial charge in [-0.2, -0.15) is 0 Å². The molecule has 0 heterocycles. The van der Waals surface area contributed by atoms with Crippen molar-refractivity contribution in [3.63, 3.8) is 0 Å². The Morgan fingerprint density at radius 3 is 2.77 bits per heavy atom. The maximum Gasteiger partial charge on any atom is 0.0586 e. The van der Waals surface area contributed by atoms with Gasteiger partial charge in [0.2, 0.25) is 0 Å². The lowest BCUT2D eigenvalue weighted by Crippen LogP contribution is -2.31. The second-order valence-corrected chi connectivity index (χ2v) is 4.29. The SMILES string of the molecule is CCC(C)CNC1CCC(OC)C1. The average Bonchev–Trinajstić information content (AvgIpc) is 2.61. The van der Waals surface area contributed by atoms with E-state index in [1.807, 2.05) is 7.11 Å². The molecule has 0 bridgehead atoms. The van der Waals surface area contributed by atoms with Crippen LogP contribution >= 0.6 is 0 Å². The molecule has 0 aromatic rings. The second kappa shape index (κ2) is 5.61. The molecule has 0 saturated heterocycles. The van der Waals surface area contributed by atoms with E-state index < -0.39 is 0 Å². The fourth-order valence-corrected chi connectivity index (χ4v) is 1.85. The summed E-state index contributed by atoms with van der Waals surface area (Å²) in [5, 5.41) is 3.62. The summed E-state index contributed by atoms with van der Waals surface area (Å²) >= 11 is 0. The highest BCUT2D eigenvalue weighted by atomic mass is 16.5. The van der Waals surface area contributed by atoms with E-state index in [2.05, 4.69) is 19.2 Å². The smallest absolute Gasteiger partial charge is 0.0586 e. The van der Waals surface area contributed by atoms with Crippen molar-refractivity contribution in [3.8, 4) is 0 Å². The first-order valence-corrected chi connectivity index (χ1v) is 5.52. The van der Waals surface area contributed by atoms with Crippen LogP contribution in [0.2, 0.25) is 0 Å². The van der Waals surface area contributed by atoms with Crippen LogP contribution < -0.4 is 5.32 Å². The third-order valence-corrected chi connectivity index (χ3v) is 3.17. The maximum atomic E-state index is 5.33. The summed E-state index contributed by atoms with van der Waals surface area (Å²) in [5.74, 6) is 0.807. The van der Waals surface area contributed by atoms with Gasteiger partial charge < -0.3 is 10.1 Å². The molecule has 1 aliphatic rings. The molecule has 1 N–H and O–H groups in total. The van der Waals surface area contributed by atoms with E-state index in [-0.39, 0.29) is 0 Å². The Kier molecular flexibility index (Phi) is 4.74. The van der Waals surface area contributed by atoms with E-state index in [1.54, 1.807) is 0 Å². The monoisotopic (exact) mass is 185 g/mol. The first-order chi connectivity index (χ1) is 6.26. The fourth-order valence-electron chi connectivity index (χ4n) is 1.85. The Bertz CT molecular complexity index is 138. The summed E-state index contributed by atoms with van der Waals surface area (Å²) in [6.45, 7) is 5.71. The van der Waals surface area contributed by atoms with Crippen LogP contribution in [0.3, 0.4) is 0 Å². The van der Waals surface area contributed by atoms with E-state index in [9.17, 15) is 0 Å². The molecule has 1 saturated carbocycles. The third-order valence-electron chi connectivity index (χ3n) is 3.17. The minimum Gasteiger partial charge on any atom is -0.381 e. The molecule has 78 valence electrons. The minimum absolute atomic E-state index is 0.509. The van der Waals surface area contributed by atoms with Crippen LogP contribution in [0.25, 0.3) is 0 Å². The molecule has 1 aliphatic carbocycles. The lowest BCUT2D eigenvalue weighted by molar-refractivity contribution is 0.107. The Morgan fingerprint density at radius 2 is 2.23 bits per heavy atom. The van der Waals surface area contributed by atoms with E-state index in [1.165, 1.54) is 25.7 Å². The fraction of sp³-hybridized carbons (Fsp3) is 1.00. The number of hydrogen-bond donors (Lipinski definition) is 1. The van der Waals surface area contributed by atoms with Crippen LogP contribution in [0.4, 0.5) is 0 Å². The molecule has 1 rings (SSSR count). The van der Waals surface area contributed by atoms with Crippen LogP contribution in [0.5, 0.6) is 0 Å². The summed E-state index contributed by atoms with van der Waals surface area (Å²) in [5.41, 5.74) is 0. The predicted molar refractivity (Wildman–Crippen MR) is 55.9 cm³/mol. The Balaban J connectivity index is 2.10. The van der Waals surface area contributed by atoms with E-state index >= 15 is 0 Å². The largest absolute Gasteiger partial charge is 0.381 e. The van der Waals surface area contributed by atoms with Gasteiger partial charge in [-0.15, -0.1) is 0 Å². The van der Waals surface area contributed by atoms with Crippen LogP contribution in [0.15, 0.2) is 0 Å². The van der Waals surface area contributed by atoms with Gasteiger partial charge in [-0.1, -0.05) is 20.3 Å². The highest BCUT2D eigenvalue weighted by Crippen LogP contribution is 2.21. The molecule has 0 aromatic carbocycles. The van der Waals surface area contributed by atoms with Gasteiger partial charge in [0.25, 0.3) is 0 Å². The quantitative estimate of drug-likeness (QED) is 0.709. The van der Waals surface area contributed by atoms with Crippen LogP contribution in [0.1, 0.15) is 39.5 Å². The average molecular weight is 185 g/mol. The van der Waals surface area contributed by atoms with Crippen molar-refractivity contribution in [2.75, 3.05) is 13.7 Å². The van der Waals surface area contributed by atoms with Crippen molar-refractivity contribution < 1.29 is 4.74 Å². The van der Waals surface area contributed by atoms with Crippen molar-refractivity contribution in [1.29, 1.82) is 0 Å². The normalized spacial score (nSPS) is 30.7. The lowest BCUT2D eigenvalue weighted by Gasteiger charge is -2.15. The number of hydrogen-bond acceptors (Lipinski definition) is 2. The summed E-state index contributed by atoms with van der Waals surface area (Å²) in [6.07, 6.45) is 5.50. The highest BCUT2D eigenvalue weighted by molar-refractivity contribution is 4.81. The summed E-state index contributed by atoms with van der Waals surface area (Å²) in [6, 6.07) is 0.707. The van der Waals surface area contributed by atoms with E-state index in [0.717, 1.165) is 12.5 Å². The van der Waals surface area contributed by atoms with Gasteiger partial charge in [0, 0.05) is 13.2 Å². The topological polar surface area (TPSA) is 21.3 Å². The van der Waals surface area contributed by atoms with Crippen molar-refractivity contribution in [3.05, 3.63) is 0 Å². The van der Waals surface area contributed by atoms with Gasteiger partial charge in [-0.05, 0) is 31.7 Å². The number of nitrogens with one attached hydrogen (secondary N) is 1. The predicted octanol–water partition coefficient (Wildman–Crippen LogP) is 2.19. The first kappa shape index (κ1) is 11.0. The van der Waals surface area contributed by atoms with Crippen molar-refractivity contribution >= 4 is 0 Å². The molecule has 2 nitrogen and oxygen atoms in total. The number of methoxy groups -OCH3 is 1. The van der Waals surface area contributed by atoms with E-state index in [0.29, 0.717) is 12.1 Å². The van der Waals surface area contributed by atoms with Crippen molar-refractivity contribution in [2.45, 2.75) is 51.7 Å². The molecular weight excluding hydrogens is 162 g/mol. The summed E-state index contributed by atoms with van der Waals surface area (Å²) in [7, 11) is 1.82. The number of rotatable bonds is 5. The Labute approximate surface area is 82.0 Å². The lowest BCUT2D eigenvalue weighted by atomic mass is 10.1. The van der Waals surface area contributed by atoms with Gasteiger partial charge in [-0.3, -0.25) is 0 Å². The maximum absolute atomic E-state index is 5.33. The van der Waals surface area contributed by atoms with Gasteiger partial charge in [0.1, 0.15) is 0 Å². The zero-order valence-corrected chi connectivity index (χ0v) is 9.18. The Hall–Kier alpha value is -0.0800. The summed E-state index contributed by atoms with van der Waals surface area (Å²) < 4.78 is 5.33. The molecule has 0 spiro atoms. The molecule has 13 heavy (non-hydrogen) atoms. The van der Waals surface area contributed by atoms with Crippen molar-refractivity contribution in [1.82, 2.24) is 5.32 Å². The highest BCUT2D eigenvalue weighted by Gasteiger charge is 2.23. The van der Waals surface area contributed by atoms with Gasteiger partial charge >= 0.3 is 0 Å². The van der Waals surface area contributed by atoms with Crippen LogP contribution in [0, 0.1) is 5.92 Å². The molecule has 0 aromatic heterocycles. The Morgan fingerprint density at radius 1 is 1.46 bits per heavy atom. The van der Waals surface area contributed by atoms with Crippen molar-refractivity contribution in [2.24, 2.45) is 5.92 Å².